The molecule has 4 rings (SSSR count). The molecule has 0 aliphatic carbocycles. The van der Waals surface area contributed by atoms with Crippen LogP contribution in [0, 0.1) is 0 Å². The molecule has 0 N–H and O–H groups in total. The van der Waals surface area contributed by atoms with Gasteiger partial charge in [-0.3, -0.25) is 4.98 Å². The fourth-order valence-corrected chi connectivity index (χ4v) is 2.91. The van der Waals surface area contributed by atoms with Gasteiger partial charge in [0.25, 0.3) is 12.2 Å². The van der Waals surface area contributed by atoms with Crippen LogP contribution < -0.4 is 14.0 Å². The van der Waals surface area contributed by atoms with Crippen molar-refractivity contribution < 1.29 is 14.0 Å². The SMILES string of the molecule is COc1cccc2ccc[n+](COc3cccc4cccnc34)c12. The predicted molar refractivity (Wildman–Crippen MR) is 93.1 cm³/mol. The topological polar surface area (TPSA) is 35.2 Å². The Morgan fingerprint density at radius 1 is 0.875 bits per heavy atom. The summed E-state index contributed by atoms with van der Waals surface area (Å²) in [6.07, 6.45) is 3.77. The molecule has 0 unspecified atom stereocenters. The molecule has 0 spiro atoms. The van der Waals surface area contributed by atoms with Gasteiger partial charge in [-0.15, -0.1) is 0 Å². The molecule has 0 amide bonds. The van der Waals surface area contributed by atoms with E-state index in [4.69, 9.17) is 9.47 Å². The highest BCUT2D eigenvalue weighted by molar-refractivity contribution is 5.84. The number of nitrogens with zero attached hydrogens (tertiary/aromatic N) is 2. The first-order chi connectivity index (χ1) is 11.9. The summed E-state index contributed by atoms with van der Waals surface area (Å²) in [7, 11) is 1.68. The Morgan fingerprint density at radius 3 is 2.50 bits per heavy atom. The highest BCUT2D eigenvalue weighted by Crippen LogP contribution is 2.24. The first kappa shape index (κ1) is 14.5. The van der Waals surface area contributed by atoms with Gasteiger partial charge in [0.15, 0.2) is 17.7 Å². The van der Waals surface area contributed by atoms with Crippen LogP contribution in [0.3, 0.4) is 0 Å². The van der Waals surface area contributed by atoms with E-state index in [1.54, 1.807) is 13.3 Å². The van der Waals surface area contributed by atoms with Gasteiger partial charge in [-0.1, -0.05) is 24.3 Å². The number of rotatable bonds is 4. The van der Waals surface area contributed by atoms with Crippen LogP contribution >= 0.6 is 0 Å². The summed E-state index contributed by atoms with van der Waals surface area (Å²) < 4.78 is 13.6. The molecule has 0 saturated heterocycles. The standard InChI is InChI=1S/C20H17N2O2/c1-23-18-11-3-7-16-9-5-13-22(20(16)18)14-24-17-10-2-6-15-8-4-12-21-19(15)17/h2-13H,14H2,1H3/q+1. The Labute approximate surface area is 139 Å². The zero-order valence-corrected chi connectivity index (χ0v) is 13.3. The molecule has 118 valence electrons. The number of pyridine rings is 2. The maximum atomic E-state index is 6.06. The molecule has 4 heteroatoms. The number of hydrogen-bond donors (Lipinski definition) is 0. The lowest BCUT2D eigenvalue weighted by Gasteiger charge is -2.08. The molecule has 24 heavy (non-hydrogen) atoms. The fourth-order valence-electron chi connectivity index (χ4n) is 2.91. The number of methoxy groups -OCH3 is 1. The molecule has 2 aromatic heterocycles. The third-order valence-corrected chi connectivity index (χ3v) is 4.03. The summed E-state index contributed by atoms with van der Waals surface area (Å²) in [5.74, 6) is 1.60. The third kappa shape index (κ3) is 2.52. The molecular weight excluding hydrogens is 300 g/mol. The van der Waals surface area contributed by atoms with Crippen LogP contribution in [-0.4, -0.2) is 12.1 Å². The molecule has 0 atom stereocenters. The Balaban J connectivity index is 1.72. The lowest BCUT2D eigenvalue weighted by molar-refractivity contribution is -0.700. The second kappa shape index (κ2) is 6.16. The third-order valence-electron chi connectivity index (χ3n) is 4.03. The number of benzene rings is 2. The van der Waals surface area contributed by atoms with Crippen LogP contribution in [0.5, 0.6) is 11.5 Å². The summed E-state index contributed by atoms with van der Waals surface area (Å²) in [4.78, 5) is 4.43. The first-order valence-corrected chi connectivity index (χ1v) is 7.78. The van der Waals surface area contributed by atoms with E-state index in [-0.39, 0.29) is 0 Å². The minimum Gasteiger partial charge on any atom is -0.490 e. The van der Waals surface area contributed by atoms with Crippen LogP contribution in [0.1, 0.15) is 0 Å². The largest absolute Gasteiger partial charge is 0.490 e. The Bertz CT molecular complexity index is 1000. The lowest BCUT2D eigenvalue weighted by atomic mass is 10.2. The number of hydrogen-bond acceptors (Lipinski definition) is 3. The van der Waals surface area contributed by atoms with E-state index in [1.165, 1.54) is 0 Å². The molecule has 0 fully saturated rings. The maximum Gasteiger partial charge on any atom is 0.292 e. The molecule has 0 aliphatic rings. The van der Waals surface area contributed by atoms with E-state index in [9.17, 15) is 0 Å². The van der Waals surface area contributed by atoms with Crippen LogP contribution in [0.4, 0.5) is 0 Å². The van der Waals surface area contributed by atoms with E-state index in [1.807, 2.05) is 59.3 Å². The molecule has 4 nitrogen and oxygen atoms in total. The van der Waals surface area contributed by atoms with Crippen molar-refractivity contribution in [3.8, 4) is 11.5 Å². The van der Waals surface area contributed by atoms with E-state index >= 15 is 0 Å². The molecule has 0 saturated carbocycles. The van der Waals surface area contributed by atoms with Crippen LogP contribution in [0.25, 0.3) is 21.8 Å². The highest BCUT2D eigenvalue weighted by atomic mass is 16.5. The number of ether oxygens (including phenoxy) is 2. The molecule has 0 radical (unpaired) electrons. The van der Waals surface area contributed by atoms with Gasteiger partial charge in [0.2, 0.25) is 0 Å². The molecule has 0 aliphatic heterocycles. The zero-order chi connectivity index (χ0) is 16.4. The Kier molecular flexibility index (Phi) is 3.71. The quantitative estimate of drug-likeness (QED) is 0.538. The summed E-state index contributed by atoms with van der Waals surface area (Å²) in [6.45, 7) is 0.382. The normalized spacial score (nSPS) is 10.9. The number of para-hydroxylation sites is 2. The zero-order valence-electron chi connectivity index (χ0n) is 13.3. The average molecular weight is 317 g/mol. The monoisotopic (exact) mass is 317 g/mol. The Morgan fingerprint density at radius 2 is 1.62 bits per heavy atom. The van der Waals surface area contributed by atoms with Crippen molar-refractivity contribution in [2.45, 2.75) is 6.73 Å². The van der Waals surface area contributed by atoms with Crippen LogP contribution in [0.2, 0.25) is 0 Å². The highest BCUT2D eigenvalue weighted by Gasteiger charge is 2.15. The second-order valence-electron chi connectivity index (χ2n) is 5.48. The van der Waals surface area contributed by atoms with Crippen molar-refractivity contribution in [3.05, 3.63) is 73.1 Å². The predicted octanol–water partition coefficient (Wildman–Crippen LogP) is 3.72. The number of aromatic nitrogens is 2. The van der Waals surface area contributed by atoms with E-state index in [0.717, 1.165) is 33.3 Å². The van der Waals surface area contributed by atoms with Gasteiger partial charge < -0.3 is 9.47 Å². The van der Waals surface area contributed by atoms with Crippen molar-refractivity contribution in [3.63, 3.8) is 0 Å². The summed E-state index contributed by atoms with van der Waals surface area (Å²) in [5.41, 5.74) is 1.88. The summed E-state index contributed by atoms with van der Waals surface area (Å²) in [6, 6.07) is 20.0. The fraction of sp³-hybridized carbons (Fsp3) is 0.100. The lowest BCUT2D eigenvalue weighted by Crippen LogP contribution is -2.37. The van der Waals surface area contributed by atoms with Crippen LogP contribution in [0.15, 0.2) is 73.1 Å². The maximum absolute atomic E-state index is 6.06. The van der Waals surface area contributed by atoms with Gasteiger partial charge in [0, 0.05) is 17.6 Å². The minimum atomic E-state index is 0.382. The van der Waals surface area contributed by atoms with Gasteiger partial charge >= 0.3 is 0 Å². The van der Waals surface area contributed by atoms with E-state index < -0.39 is 0 Å². The van der Waals surface area contributed by atoms with Crippen LogP contribution in [-0.2, 0) is 6.73 Å². The minimum absolute atomic E-state index is 0.382. The average Bonchev–Trinajstić information content (AvgIpc) is 2.65. The first-order valence-electron chi connectivity index (χ1n) is 7.78. The molecule has 4 aromatic rings. The van der Waals surface area contributed by atoms with Gasteiger partial charge in [-0.05, 0) is 30.3 Å². The van der Waals surface area contributed by atoms with E-state index in [0.29, 0.717) is 6.73 Å². The van der Waals surface area contributed by atoms with Gasteiger partial charge in [-0.25, -0.2) is 0 Å². The smallest absolute Gasteiger partial charge is 0.292 e. The van der Waals surface area contributed by atoms with E-state index in [2.05, 4.69) is 17.1 Å². The van der Waals surface area contributed by atoms with Gasteiger partial charge in [0.1, 0.15) is 5.52 Å². The van der Waals surface area contributed by atoms with Gasteiger partial charge in [-0.2, -0.15) is 4.57 Å². The van der Waals surface area contributed by atoms with Crippen molar-refractivity contribution in [1.29, 1.82) is 0 Å². The second-order valence-corrected chi connectivity index (χ2v) is 5.48. The van der Waals surface area contributed by atoms with Gasteiger partial charge in [0.05, 0.1) is 12.5 Å². The van der Waals surface area contributed by atoms with Crippen molar-refractivity contribution in [2.75, 3.05) is 7.11 Å². The molecule has 2 heterocycles. The Hall–Kier alpha value is -3.14. The summed E-state index contributed by atoms with van der Waals surface area (Å²) in [5, 5.41) is 2.17. The van der Waals surface area contributed by atoms with Crippen molar-refractivity contribution >= 4 is 21.8 Å². The summed E-state index contributed by atoms with van der Waals surface area (Å²) >= 11 is 0. The molecule has 2 aromatic carbocycles. The van der Waals surface area contributed by atoms with Crippen molar-refractivity contribution in [2.24, 2.45) is 0 Å². The molecular formula is C20H17N2O2+. The van der Waals surface area contributed by atoms with Crippen molar-refractivity contribution in [1.82, 2.24) is 4.98 Å². The number of fused-ring (bicyclic) bond motifs is 2. The molecule has 0 bridgehead atoms.